The van der Waals surface area contributed by atoms with Crippen molar-refractivity contribution in [1.29, 1.82) is 0 Å². The van der Waals surface area contributed by atoms with Gasteiger partial charge in [0.25, 0.3) is 5.91 Å². The summed E-state index contributed by atoms with van der Waals surface area (Å²) in [5, 5.41) is 4.09. The Bertz CT molecular complexity index is 1020. The first kappa shape index (κ1) is 19.2. The molecule has 0 spiro atoms. The minimum atomic E-state index is 0.0633. The number of aromatic nitrogens is 1. The largest absolute Gasteiger partial charge is 0.361 e. The first-order chi connectivity index (χ1) is 14.1. The molecule has 2 heterocycles. The van der Waals surface area contributed by atoms with Gasteiger partial charge in [-0.2, -0.15) is 0 Å². The minimum absolute atomic E-state index is 0.0633. The molecule has 0 radical (unpaired) electrons. The van der Waals surface area contributed by atoms with Gasteiger partial charge in [0.15, 0.2) is 0 Å². The van der Waals surface area contributed by atoms with Crippen LogP contribution in [0.25, 0.3) is 10.9 Å². The Hall–Kier alpha value is -3.08. The van der Waals surface area contributed by atoms with Gasteiger partial charge in [-0.25, -0.2) is 0 Å². The number of H-pyrrole nitrogens is 1. The van der Waals surface area contributed by atoms with E-state index < -0.39 is 0 Å². The molecular weight excluding hydrogens is 362 g/mol. The summed E-state index contributed by atoms with van der Waals surface area (Å²) < 4.78 is 0. The Kier molecular flexibility index (Phi) is 5.65. The van der Waals surface area contributed by atoms with Gasteiger partial charge >= 0.3 is 0 Å². The second-order valence-electron chi connectivity index (χ2n) is 7.97. The van der Waals surface area contributed by atoms with Crippen molar-refractivity contribution in [3.05, 3.63) is 65.9 Å². The van der Waals surface area contributed by atoms with Crippen LogP contribution < -0.4 is 5.32 Å². The molecule has 0 unspecified atom stereocenters. The fourth-order valence-electron chi connectivity index (χ4n) is 4.07. The molecule has 0 atom stereocenters. The van der Waals surface area contributed by atoms with Crippen molar-refractivity contribution in [1.82, 2.24) is 9.88 Å². The van der Waals surface area contributed by atoms with Gasteiger partial charge in [-0.3, -0.25) is 9.59 Å². The van der Waals surface area contributed by atoms with E-state index in [2.05, 4.69) is 10.3 Å². The van der Waals surface area contributed by atoms with E-state index >= 15 is 0 Å². The molecule has 0 bridgehead atoms. The zero-order valence-corrected chi connectivity index (χ0v) is 16.8. The Morgan fingerprint density at radius 2 is 1.93 bits per heavy atom. The lowest BCUT2D eigenvalue weighted by molar-refractivity contribution is -0.116. The Morgan fingerprint density at radius 1 is 1.10 bits per heavy atom. The molecule has 1 aliphatic rings. The molecule has 0 saturated carbocycles. The van der Waals surface area contributed by atoms with Crippen molar-refractivity contribution in [2.75, 3.05) is 18.4 Å². The van der Waals surface area contributed by atoms with Crippen LogP contribution in [0, 0.1) is 12.8 Å². The maximum absolute atomic E-state index is 12.8. The third-order valence-electron chi connectivity index (χ3n) is 5.79. The third-order valence-corrected chi connectivity index (χ3v) is 5.79. The van der Waals surface area contributed by atoms with Crippen LogP contribution in [-0.2, 0) is 4.79 Å². The highest BCUT2D eigenvalue weighted by molar-refractivity contribution is 5.98. The number of aryl methyl sites for hydroxylation is 1. The van der Waals surface area contributed by atoms with Gasteiger partial charge in [-0.15, -0.1) is 0 Å². The SMILES string of the molecule is Cc1cccc(NC(=O)CCC2CCN(C(=O)c3ccc4cc[nH]c4c3)CC2)c1. The van der Waals surface area contributed by atoms with Crippen LogP contribution in [0.5, 0.6) is 0 Å². The first-order valence-corrected chi connectivity index (χ1v) is 10.3. The van der Waals surface area contributed by atoms with E-state index in [4.69, 9.17) is 0 Å². The van der Waals surface area contributed by atoms with E-state index in [0.717, 1.165) is 60.1 Å². The molecule has 1 aromatic heterocycles. The molecule has 4 rings (SSSR count). The van der Waals surface area contributed by atoms with E-state index in [1.807, 2.05) is 66.6 Å². The molecule has 29 heavy (non-hydrogen) atoms. The maximum atomic E-state index is 12.8. The lowest BCUT2D eigenvalue weighted by Gasteiger charge is -2.32. The highest BCUT2D eigenvalue weighted by atomic mass is 16.2. The third kappa shape index (κ3) is 4.67. The van der Waals surface area contributed by atoms with Crippen LogP contribution in [0.4, 0.5) is 5.69 Å². The van der Waals surface area contributed by atoms with Crippen LogP contribution in [0.2, 0.25) is 0 Å². The van der Waals surface area contributed by atoms with Gasteiger partial charge in [-0.05, 0) is 73.4 Å². The quantitative estimate of drug-likeness (QED) is 0.661. The topological polar surface area (TPSA) is 65.2 Å². The molecule has 1 saturated heterocycles. The van der Waals surface area contributed by atoms with E-state index in [-0.39, 0.29) is 11.8 Å². The smallest absolute Gasteiger partial charge is 0.253 e. The molecule has 1 aliphatic heterocycles. The van der Waals surface area contributed by atoms with E-state index in [0.29, 0.717) is 12.3 Å². The molecule has 0 aliphatic carbocycles. The molecule has 3 aromatic rings. The molecule has 2 amide bonds. The van der Waals surface area contributed by atoms with Gasteiger partial charge in [0.2, 0.25) is 5.91 Å². The molecule has 2 N–H and O–H groups in total. The first-order valence-electron chi connectivity index (χ1n) is 10.3. The number of piperidine rings is 1. The number of rotatable bonds is 5. The molecule has 1 fully saturated rings. The van der Waals surface area contributed by atoms with Crippen LogP contribution in [0.3, 0.4) is 0 Å². The average molecular weight is 389 g/mol. The maximum Gasteiger partial charge on any atom is 0.253 e. The van der Waals surface area contributed by atoms with Gasteiger partial charge in [-0.1, -0.05) is 18.2 Å². The summed E-state index contributed by atoms with van der Waals surface area (Å²) in [6.07, 6.45) is 5.19. The number of nitrogens with one attached hydrogen (secondary N) is 2. The predicted molar refractivity (Wildman–Crippen MR) is 116 cm³/mol. The number of anilines is 1. The molecule has 5 heteroatoms. The number of aromatic amines is 1. The number of amides is 2. The van der Waals surface area contributed by atoms with Crippen LogP contribution in [0.1, 0.15) is 41.6 Å². The second kappa shape index (κ2) is 8.52. The second-order valence-corrected chi connectivity index (χ2v) is 7.97. The lowest BCUT2D eigenvalue weighted by Crippen LogP contribution is -2.38. The predicted octanol–water partition coefficient (Wildman–Crippen LogP) is 4.75. The van der Waals surface area contributed by atoms with Crippen LogP contribution in [0.15, 0.2) is 54.7 Å². The van der Waals surface area contributed by atoms with Crippen molar-refractivity contribution in [2.45, 2.75) is 32.6 Å². The van der Waals surface area contributed by atoms with Crippen LogP contribution >= 0.6 is 0 Å². The number of nitrogens with zero attached hydrogens (tertiary/aromatic N) is 1. The molecule has 2 aromatic carbocycles. The fourth-order valence-corrected chi connectivity index (χ4v) is 4.07. The van der Waals surface area contributed by atoms with Crippen molar-refractivity contribution in [3.8, 4) is 0 Å². The number of benzene rings is 2. The number of carbonyl (C=O) groups is 2. The summed E-state index contributed by atoms with van der Waals surface area (Å²) in [6, 6.07) is 15.7. The van der Waals surface area contributed by atoms with E-state index in [1.165, 1.54) is 0 Å². The monoisotopic (exact) mass is 389 g/mol. The van der Waals surface area contributed by atoms with E-state index in [9.17, 15) is 9.59 Å². The average Bonchev–Trinajstić information content (AvgIpc) is 3.20. The zero-order valence-electron chi connectivity index (χ0n) is 16.8. The van der Waals surface area contributed by atoms with Crippen molar-refractivity contribution in [3.63, 3.8) is 0 Å². The van der Waals surface area contributed by atoms with Crippen molar-refractivity contribution in [2.24, 2.45) is 5.92 Å². The highest BCUT2D eigenvalue weighted by Gasteiger charge is 2.24. The standard InChI is InChI=1S/C24H27N3O2/c1-17-3-2-4-21(15-17)26-23(28)8-5-18-10-13-27(14-11-18)24(29)20-7-6-19-9-12-25-22(19)16-20/h2-4,6-7,9,12,15-16,18,25H,5,8,10-11,13-14H2,1H3,(H,26,28). The number of carbonyl (C=O) groups excluding carboxylic acids is 2. The molecule has 150 valence electrons. The van der Waals surface area contributed by atoms with Crippen molar-refractivity contribution >= 4 is 28.4 Å². The summed E-state index contributed by atoms with van der Waals surface area (Å²) in [5.74, 6) is 0.652. The van der Waals surface area contributed by atoms with Gasteiger partial charge in [0, 0.05) is 42.5 Å². The Morgan fingerprint density at radius 3 is 2.72 bits per heavy atom. The summed E-state index contributed by atoms with van der Waals surface area (Å²) in [6.45, 7) is 3.53. The van der Waals surface area contributed by atoms with Crippen molar-refractivity contribution < 1.29 is 9.59 Å². The number of hydrogen-bond acceptors (Lipinski definition) is 2. The lowest BCUT2D eigenvalue weighted by atomic mass is 9.91. The Balaban J connectivity index is 1.24. The highest BCUT2D eigenvalue weighted by Crippen LogP contribution is 2.24. The number of hydrogen-bond donors (Lipinski definition) is 2. The normalized spacial score (nSPS) is 14.9. The molecule has 5 nitrogen and oxygen atoms in total. The van der Waals surface area contributed by atoms with Gasteiger partial charge in [0.05, 0.1) is 0 Å². The zero-order chi connectivity index (χ0) is 20.2. The van der Waals surface area contributed by atoms with Gasteiger partial charge in [0.1, 0.15) is 0 Å². The summed E-state index contributed by atoms with van der Waals surface area (Å²) >= 11 is 0. The van der Waals surface area contributed by atoms with E-state index in [1.54, 1.807) is 0 Å². The number of likely N-dealkylation sites (tertiary alicyclic amines) is 1. The summed E-state index contributed by atoms with van der Waals surface area (Å²) in [4.78, 5) is 30.1. The molecular formula is C24H27N3O2. The fraction of sp³-hybridized carbons (Fsp3) is 0.333. The Labute approximate surface area is 171 Å². The minimum Gasteiger partial charge on any atom is -0.361 e. The summed E-state index contributed by atoms with van der Waals surface area (Å²) in [7, 11) is 0. The van der Waals surface area contributed by atoms with Crippen LogP contribution in [-0.4, -0.2) is 34.8 Å². The number of fused-ring (bicyclic) bond motifs is 1. The van der Waals surface area contributed by atoms with Gasteiger partial charge < -0.3 is 15.2 Å². The summed E-state index contributed by atoms with van der Waals surface area (Å²) in [5.41, 5.74) is 3.71.